The van der Waals surface area contributed by atoms with Crippen LogP contribution in [0.4, 0.5) is 0 Å². The number of aromatic nitrogens is 4. The van der Waals surface area contributed by atoms with E-state index in [0.29, 0.717) is 11.1 Å². The molecular formula is C24H23BrN6O2. The van der Waals surface area contributed by atoms with Gasteiger partial charge in [-0.2, -0.15) is 10.2 Å². The number of carbonyl (C=O) groups is 2. The molecule has 2 fully saturated rings. The maximum absolute atomic E-state index is 13.6. The van der Waals surface area contributed by atoms with Gasteiger partial charge in [0.1, 0.15) is 0 Å². The van der Waals surface area contributed by atoms with Crippen LogP contribution in [0.25, 0.3) is 21.8 Å². The molecule has 2 aromatic heterocycles. The molecule has 4 aromatic rings. The van der Waals surface area contributed by atoms with Crippen LogP contribution in [0.5, 0.6) is 0 Å². The van der Waals surface area contributed by atoms with Gasteiger partial charge in [-0.1, -0.05) is 15.9 Å². The highest BCUT2D eigenvalue weighted by Crippen LogP contribution is 2.38. The Balaban J connectivity index is 1.19. The van der Waals surface area contributed by atoms with Crippen LogP contribution in [0.2, 0.25) is 0 Å². The van der Waals surface area contributed by atoms with Crippen molar-refractivity contribution >= 4 is 49.6 Å². The zero-order valence-electron chi connectivity index (χ0n) is 18.1. The molecule has 0 radical (unpaired) electrons. The number of hydrogen-bond acceptors (Lipinski definition) is 4. The van der Waals surface area contributed by atoms with Gasteiger partial charge in [0.25, 0.3) is 11.8 Å². The molecule has 2 unspecified atom stereocenters. The summed E-state index contributed by atoms with van der Waals surface area (Å²) in [6.45, 7) is 0. The van der Waals surface area contributed by atoms with E-state index in [4.69, 9.17) is 0 Å². The van der Waals surface area contributed by atoms with Crippen molar-refractivity contribution in [1.82, 2.24) is 30.2 Å². The minimum atomic E-state index is -0.0731. The normalized spacial score (nSPS) is 22.2. The minimum absolute atomic E-state index is 0.0323. The zero-order valence-corrected chi connectivity index (χ0v) is 19.7. The van der Waals surface area contributed by atoms with Crippen molar-refractivity contribution in [3.05, 3.63) is 58.3 Å². The van der Waals surface area contributed by atoms with E-state index < -0.39 is 0 Å². The minimum Gasteiger partial charge on any atom is -0.349 e. The molecule has 2 amide bonds. The Bertz CT molecular complexity index is 1390. The van der Waals surface area contributed by atoms with E-state index in [2.05, 4.69) is 36.5 Å². The molecule has 2 bridgehead atoms. The molecule has 9 heteroatoms. The number of benzene rings is 2. The van der Waals surface area contributed by atoms with Gasteiger partial charge in [-0.15, -0.1) is 0 Å². The van der Waals surface area contributed by atoms with E-state index in [0.717, 1.165) is 52.0 Å². The van der Waals surface area contributed by atoms with Gasteiger partial charge in [0.15, 0.2) is 0 Å². The third-order valence-corrected chi connectivity index (χ3v) is 7.51. The summed E-state index contributed by atoms with van der Waals surface area (Å²) in [6, 6.07) is 9.77. The van der Waals surface area contributed by atoms with Crippen molar-refractivity contribution < 1.29 is 9.59 Å². The van der Waals surface area contributed by atoms with Crippen molar-refractivity contribution in [2.24, 2.45) is 7.05 Å². The molecule has 6 rings (SSSR count). The maximum atomic E-state index is 13.6. The summed E-state index contributed by atoms with van der Waals surface area (Å²) >= 11 is 3.52. The number of nitrogens with zero attached hydrogens (tertiary/aromatic N) is 4. The topological polar surface area (TPSA) is 95.9 Å². The second-order valence-electron chi connectivity index (χ2n) is 9.07. The number of hydrogen-bond donors (Lipinski definition) is 2. The van der Waals surface area contributed by atoms with E-state index in [1.165, 1.54) is 0 Å². The second kappa shape index (κ2) is 7.69. The van der Waals surface area contributed by atoms with Gasteiger partial charge in [-0.25, -0.2) is 0 Å². The largest absolute Gasteiger partial charge is 0.349 e. The number of carbonyl (C=O) groups excluding carboxylic acids is 2. The molecule has 2 aromatic carbocycles. The summed E-state index contributed by atoms with van der Waals surface area (Å²) in [5.74, 6) is -0.0408. The van der Waals surface area contributed by atoms with Crippen LogP contribution in [0.15, 0.2) is 47.2 Å². The molecule has 4 heterocycles. The van der Waals surface area contributed by atoms with Gasteiger partial charge in [0.2, 0.25) is 0 Å². The van der Waals surface area contributed by atoms with Crippen molar-refractivity contribution in [3.8, 4) is 0 Å². The van der Waals surface area contributed by atoms with Gasteiger partial charge in [0, 0.05) is 46.0 Å². The fraction of sp³-hybridized carbons (Fsp3) is 0.333. The number of rotatable bonds is 3. The number of halogens is 1. The number of nitrogens with one attached hydrogen (secondary N) is 2. The van der Waals surface area contributed by atoms with Crippen LogP contribution in [0.1, 0.15) is 46.4 Å². The first-order chi connectivity index (χ1) is 16.0. The van der Waals surface area contributed by atoms with Gasteiger partial charge < -0.3 is 10.2 Å². The lowest BCUT2D eigenvalue weighted by Crippen LogP contribution is -2.52. The number of piperidine rings is 1. The Hall–Kier alpha value is -3.20. The monoisotopic (exact) mass is 506 g/mol. The van der Waals surface area contributed by atoms with Gasteiger partial charge in [-0.05, 0) is 56.0 Å². The Kier molecular flexibility index (Phi) is 4.76. The Morgan fingerprint density at radius 1 is 1.09 bits per heavy atom. The molecule has 2 aliphatic rings. The fourth-order valence-corrected chi connectivity index (χ4v) is 6.00. The number of aryl methyl sites for hydroxylation is 1. The van der Waals surface area contributed by atoms with Crippen molar-refractivity contribution in [2.75, 3.05) is 0 Å². The number of fused-ring (bicyclic) bond motifs is 4. The summed E-state index contributed by atoms with van der Waals surface area (Å²) in [5, 5.41) is 16.4. The van der Waals surface area contributed by atoms with Crippen molar-refractivity contribution in [1.29, 1.82) is 0 Å². The predicted octanol–water partition coefficient (Wildman–Crippen LogP) is 3.78. The van der Waals surface area contributed by atoms with E-state index >= 15 is 0 Å². The van der Waals surface area contributed by atoms with Crippen LogP contribution in [0.3, 0.4) is 0 Å². The molecule has 2 aliphatic heterocycles. The lowest BCUT2D eigenvalue weighted by molar-refractivity contribution is 0.0551. The molecule has 33 heavy (non-hydrogen) atoms. The highest BCUT2D eigenvalue weighted by atomic mass is 79.9. The molecule has 2 saturated heterocycles. The van der Waals surface area contributed by atoms with Crippen LogP contribution < -0.4 is 5.32 Å². The summed E-state index contributed by atoms with van der Waals surface area (Å²) < 4.78 is 2.66. The first-order valence-electron chi connectivity index (χ1n) is 11.2. The lowest BCUT2D eigenvalue weighted by atomic mass is 9.95. The van der Waals surface area contributed by atoms with E-state index in [9.17, 15) is 9.59 Å². The summed E-state index contributed by atoms with van der Waals surface area (Å²) in [7, 11) is 1.89. The summed E-state index contributed by atoms with van der Waals surface area (Å²) in [4.78, 5) is 28.6. The number of H-pyrrole nitrogens is 1. The smallest absolute Gasteiger partial charge is 0.256 e. The molecule has 0 spiro atoms. The van der Waals surface area contributed by atoms with Crippen LogP contribution >= 0.6 is 15.9 Å². The van der Waals surface area contributed by atoms with Gasteiger partial charge >= 0.3 is 0 Å². The summed E-state index contributed by atoms with van der Waals surface area (Å²) in [5.41, 5.74) is 3.04. The molecule has 0 aliphatic carbocycles. The van der Waals surface area contributed by atoms with Crippen molar-refractivity contribution in [3.63, 3.8) is 0 Å². The second-order valence-corrected chi connectivity index (χ2v) is 9.98. The maximum Gasteiger partial charge on any atom is 0.256 e. The van der Waals surface area contributed by atoms with Crippen molar-refractivity contribution in [2.45, 2.75) is 43.8 Å². The van der Waals surface area contributed by atoms with Gasteiger partial charge in [-0.3, -0.25) is 19.4 Å². The predicted molar refractivity (Wildman–Crippen MR) is 128 cm³/mol. The molecule has 8 nitrogen and oxygen atoms in total. The standard InChI is InChI=1S/C24H23BrN6O2/c1-30-21-5-2-13(6-14(21)12-27-30)23(32)28-17-9-18-3-4-19(10-17)31(18)24(33)20-8-16(25)7-15-11-26-29-22(15)20/h2,5-8,11-12,17-19H,3-4,9-10H2,1H3,(H,26,29)(H,28,32). The molecule has 168 valence electrons. The zero-order chi connectivity index (χ0) is 22.7. The third kappa shape index (κ3) is 3.42. The SMILES string of the molecule is Cn1ncc2cc(C(=O)NC3CC4CCC(C3)N4C(=O)c3cc(Br)cc4cn[nH]c34)ccc21. The first-order valence-corrected chi connectivity index (χ1v) is 11.9. The Morgan fingerprint density at radius 2 is 1.88 bits per heavy atom. The molecular weight excluding hydrogens is 484 g/mol. The average Bonchev–Trinajstić information content (AvgIpc) is 3.49. The van der Waals surface area contributed by atoms with Crippen LogP contribution in [-0.4, -0.2) is 54.8 Å². The Labute approximate surface area is 198 Å². The fourth-order valence-electron chi connectivity index (χ4n) is 5.53. The van der Waals surface area contributed by atoms with E-state index in [1.807, 2.05) is 42.3 Å². The molecule has 2 atom stereocenters. The number of aromatic amines is 1. The highest BCUT2D eigenvalue weighted by molar-refractivity contribution is 9.10. The molecule has 0 saturated carbocycles. The lowest BCUT2D eigenvalue weighted by Gasteiger charge is -2.39. The van der Waals surface area contributed by atoms with Gasteiger partial charge in [0.05, 0.1) is 29.0 Å². The van der Waals surface area contributed by atoms with E-state index in [1.54, 1.807) is 17.1 Å². The summed E-state index contributed by atoms with van der Waals surface area (Å²) in [6.07, 6.45) is 6.96. The Morgan fingerprint density at radius 3 is 2.67 bits per heavy atom. The van der Waals surface area contributed by atoms with Crippen LogP contribution in [0, 0.1) is 0 Å². The number of amides is 2. The quantitative estimate of drug-likeness (QED) is 0.441. The third-order valence-electron chi connectivity index (χ3n) is 7.06. The average molecular weight is 507 g/mol. The first kappa shape index (κ1) is 20.4. The van der Waals surface area contributed by atoms with E-state index in [-0.39, 0.29) is 29.9 Å². The van der Waals surface area contributed by atoms with Crippen LogP contribution in [-0.2, 0) is 7.05 Å². The molecule has 2 N–H and O–H groups in total. The highest BCUT2D eigenvalue weighted by Gasteiger charge is 2.44.